The highest BCUT2D eigenvalue weighted by atomic mass is 35.5. The van der Waals surface area contributed by atoms with Crippen molar-refractivity contribution in [2.75, 3.05) is 18.0 Å². The van der Waals surface area contributed by atoms with Crippen molar-refractivity contribution in [1.82, 2.24) is 15.3 Å². The fourth-order valence-electron chi connectivity index (χ4n) is 1.91. The lowest BCUT2D eigenvalue weighted by molar-refractivity contribution is 0.0947. The molecule has 8 heteroatoms. The third-order valence-corrected chi connectivity index (χ3v) is 3.26. The van der Waals surface area contributed by atoms with E-state index in [1.54, 1.807) is 0 Å². The van der Waals surface area contributed by atoms with Crippen molar-refractivity contribution in [1.29, 1.82) is 0 Å². The molecule has 1 heterocycles. The number of carbonyl (C=O) groups is 1. The third-order valence-electron chi connectivity index (χ3n) is 2.99. The quantitative estimate of drug-likeness (QED) is 0.637. The van der Waals surface area contributed by atoms with Crippen LogP contribution < -0.4 is 22.5 Å². The average molecular weight is 321 g/mol. The van der Waals surface area contributed by atoms with Crippen molar-refractivity contribution in [2.45, 2.75) is 12.5 Å². The number of hydrogen-bond acceptors (Lipinski definition) is 6. The van der Waals surface area contributed by atoms with Gasteiger partial charge >= 0.3 is 0 Å². The lowest BCUT2D eigenvalue weighted by atomic mass is 10.1. The number of amides is 1. The van der Waals surface area contributed by atoms with Gasteiger partial charge in [-0.2, -0.15) is 0 Å². The van der Waals surface area contributed by atoms with Gasteiger partial charge in [-0.25, -0.2) is 9.97 Å². The van der Waals surface area contributed by atoms with E-state index in [2.05, 4.69) is 15.3 Å². The first kappa shape index (κ1) is 16.0. The molecule has 2 aromatic rings. The molecular formula is C14H17ClN6O. The molecule has 1 aromatic carbocycles. The Morgan fingerprint density at radius 3 is 2.55 bits per heavy atom. The predicted molar refractivity (Wildman–Crippen MR) is 86.3 cm³/mol. The van der Waals surface area contributed by atoms with Crippen LogP contribution >= 0.6 is 11.6 Å². The van der Waals surface area contributed by atoms with Crippen LogP contribution in [0.5, 0.6) is 0 Å². The van der Waals surface area contributed by atoms with E-state index in [0.29, 0.717) is 6.42 Å². The number of carbonyl (C=O) groups excluding carboxylic acids is 1. The Morgan fingerprint density at radius 1 is 1.18 bits per heavy atom. The summed E-state index contributed by atoms with van der Waals surface area (Å²) >= 11 is 5.74. The molecule has 7 N–H and O–H groups in total. The molecule has 0 bridgehead atoms. The van der Waals surface area contributed by atoms with Crippen molar-refractivity contribution < 1.29 is 4.79 Å². The summed E-state index contributed by atoms with van der Waals surface area (Å²) in [6, 6.07) is 9.53. The normalized spacial score (nSPS) is 11.9. The number of nitrogens with zero attached hydrogens (tertiary/aromatic N) is 2. The maximum Gasteiger partial charge on any atom is 0.273 e. The number of hydrogen-bond donors (Lipinski definition) is 4. The predicted octanol–water partition coefficient (Wildman–Crippen LogP) is 0.594. The van der Waals surface area contributed by atoms with Crippen molar-refractivity contribution in [2.24, 2.45) is 5.73 Å². The maximum atomic E-state index is 12.0. The average Bonchev–Trinajstić information content (AvgIpc) is 2.49. The van der Waals surface area contributed by atoms with E-state index in [0.717, 1.165) is 5.56 Å². The van der Waals surface area contributed by atoms with E-state index in [1.165, 1.54) is 0 Å². The van der Waals surface area contributed by atoms with Crippen molar-refractivity contribution in [3.8, 4) is 0 Å². The summed E-state index contributed by atoms with van der Waals surface area (Å²) in [5, 5.41) is 2.60. The van der Waals surface area contributed by atoms with Crippen molar-refractivity contribution in [3.05, 3.63) is 46.7 Å². The number of nitrogens with two attached hydrogens (primary N) is 3. The highest BCUT2D eigenvalue weighted by Gasteiger charge is 2.16. The summed E-state index contributed by atoms with van der Waals surface area (Å²) in [6.45, 7) is 0.275. The maximum absolute atomic E-state index is 12.0. The SMILES string of the molecule is Nc1nc(N)c(C(=O)NC[C@@H](N)Cc2ccccc2)nc1Cl. The van der Waals surface area contributed by atoms with Crippen LogP contribution in [0.4, 0.5) is 11.6 Å². The van der Waals surface area contributed by atoms with Gasteiger partial charge in [-0.3, -0.25) is 4.79 Å². The minimum absolute atomic E-state index is 0.0171. The molecule has 0 aliphatic rings. The molecule has 0 aliphatic heterocycles. The van der Waals surface area contributed by atoms with Crippen molar-refractivity contribution in [3.63, 3.8) is 0 Å². The molecule has 22 heavy (non-hydrogen) atoms. The zero-order chi connectivity index (χ0) is 16.1. The fourth-order valence-corrected chi connectivity index (χ4v) is 2.03. The monoisotopic (exact) mass is 320 g/mol. The Hall–Kier alpha value is -2.38. The first-order valence-electron chi connectivity index (χ1n) is 6.63. The Bertz CT molecular complexity index is 664. The Labute approximate surface area is 132 Å². The van der Waals surface area contributed by atoms with Crippen LogP contribution in [0, 0.1) is 0 Å². The van der Waals surface area contributed by atoms with E-state index < -0.39 is 5.91 Å². The molecule has 0 unspecified atom stereocenters. The molecule has 0 spiro atoms. The smallest absolute Gasteiger partial charge is 0.273 e. The molecule has 0 saturated carbocycles. The molecule has 0 fully saturated rings. The van der Waals surface area contributed by atoms with E-state index in [4.69, 9.17) is 28.8 Å². The molecule has 116 valence electrons. The molecule has 1 amide bonds. The highest BCUT2D eigenvalue weighted by Crippen LogP contribution is 2.17. The van der Waals surface area contributed by atoms with Crippen LogP contribution in [0.25, 0.3) is 0 Å². The van der Waals surface area contributed by atoms with Crippen LogP contribution in [-0.4, -0.2) is 28.5 Å². The standard InChI is InChI=1S/C14H17ClN6O/c15-11-13(18)21-12(17)10(20-11)14(22)19-7-9(16)6-8-4-2-1-3-5-8/h1-5,9H,6-7,16H2,(H,19,22)(H4,17,18,21)/t9-/m0/s1. The summed E-state index contributed by atoms with van der Waals surface area (Å²) in [4.78, 5) is 19.6. The largest absolute Gasteiger partial charge is 0.382 e. The number of nitrogens with one attached hydrogen (secondary N) is 1. The Morgan fingerprint density at radius 2 is 1.86 bits per heavy atom. The van der Waals surface area contributed by atoms with Crippen LogP contribution in [0.3, 0.4) is 0 Å². The van der Waals surface area contributed by atoms with Gasteiger partial charge in [-0.15, -0.1) is 0 Å². The minimum Gasteiger partial charge on any atom is -0.382 e. The van der Waals surface area contributed by atoms with Gasteiger partial charge in [-0.05, 0) is 12.0 Å². The Balaban J connectivity index is 1.94. The van der Waals surface area contributed by atoms with Gasteiger partial charge in [0.1, 0.15) is 0 Å². The highest BCUT2D eigenvalue weighted by molar-refractivity contribution is 6.31. The number of aromatic nitrogens is 2. The fraction of sp³-hybridized carbons (Fsp3) is 0.214. The topological polar surface area (TPSA) is 133 Å². The number of rotatable bonds is 5. The molecule has 1 atom stereocenters. The van der Waals surface area contributed by atoms with Crippen LogP contribution in [0.15, 0.2) is 30.3 Å². The van der Waals surface area contributed by atoms with Gasteiger partial charge in [0.15, 0.2) is 22.5 Å². The summed E-state index contributed by atoms with van der Waals surface area (Å²) in [7, 11) is 0. The second-order valence-corrected chi connectivity index (χ2v) is 5.15. The van der Waals surface area contributed by atoms with E-state index >= 15 is 0 Å². The van der Waals surface area contributed by atoms with Crippen LogP contribution in [0.2, 0.25) is 5.15 Å². The molecule has 2 rings (SSSR count). The van der Waals surface area contributed by atoms with Gasteiger partial charge < -0.3 is 22.5 Å². The van der Waals surface area contributed by atoms with Gasteiger partial charge in [0.2, 0.25) is 0 Å². The van der Waals surface area contributed by atoms with Crippen molar-refractivity contribution >= 4 is 29.1 Å². The number of benzene rings is 1. The first-order chi connectivity index (χ1) is 10.5. The lowest BCUT2D eigenvalue weighted by Gasteiger charge is -2.13. The summed E-state index contributed by atoms with van der Waals surface area (Å²) in [6.07, 6.45) is 0.644. The number of halogens is 1. The first-order valence-corrected chi connectivity index (χ1v) is 7.01. The molecular weight excluding hydrogens is 304 g/mol. The second kappa shape index (κ2) is 7.06. The van der Waals surface area contributed by atoms with Crippen LogP contribution in [0.1, 0.15) is 16.1 Å². The summed E-state index contributed by atoms with van der Waals surface area (Å²) < 4.78 is 0. The lowest BCUT2D eigenvalue weighted by Crippen LogP contribution is -2.39. The molecule has 7 nitrogen and oxygen atoms in total. The third kappa shape index (κ3) is 4.06. The van der Waals surface area contributed by atoms with Gasteiger partial charge in [0.05, 0.1) is 0 Å². The number of nitrogen functional groups attached to an aromatic ring is 2. The molecule has 0 saturated heterocycles. The molecule has 0 aliphatic carbocycles. The summed E-state index contributed by atoms with van der Waals surface area (Å²) in [5.41, 5.74) is 18.1. The van der Waals surface area contributed by atoms with Gasteiger partial charge in [0.25, 0.3) is 5.91 Å². The van der Waals surface area contributed by atoms with E-state index in [9.17, 15) is 4.79 Å². The number of anilines is 2. The minimum atomic E-state index is -0.490. The zero-order valence-electron chi connectivity index (χ0n) is 11.8. The van der Waals surface area contributed by atoms with Crippen LogP contribution in [-0.2, 0) is 6.42 Å². The van der Waals surface area contributed by atoms with E-state index in [-0.39, 0.29) is 35.1 Å². The second-order valence-electron chi connectivity index (χ2n) is 4.79. The zero-order valence-corrected chi connectivity index (χ0v) is 12.5. The molecule has 1 aromatic heterocycles. The summed E-state index contributed by atoms with van der Waals surface area (Å²) in [5.74, 6) is -0.581. The Kier molecular flexibility index (Phi) is 5.13. The van der Waals surface area contributed by atoms with Gasteiger partial charge in [0, 0.05) is 12.6 Å². The van der Waals surface area contributed by atoms with Gasteiger partial charge in [-0.1, -0.05) is 41.9 Å². The van der Waals surface area contributed by atoms with E-state index in [1.807, 2.05) is 30.3 Å². The molecule has 0 radical (unpaired) electrons.